The number of hydrogen-bond donors (Lipinski definition) is 2. The van der Waals surface area contributed by atoms with Crippen LogP contribution >= 0.6 is 0 Å². The summed E-state index contributed by atoms with van der Waals surface area (Å²) in [6.45, 7) is 8.36. The zero-order chi connectivity index (χ0) is 42.6. The van der Waals surface area contributed by atoms with Gasteiger partial charge in [-0.25, -0.2) is 4.39 Å². The van der Waals surface area contributed by atoms with Gasteiger partial charge < -0.3 is 34.2 Å². The Kier molecular flexibility index (Phi) is 15.1. The van der Waals surface area contributed by atoms with Crippen LogP contribution in [0.3, 0.4) is 0 Å². The lowest BCUT2D eigenvalue weighted by Gasteiger charge is -2.60. The van der Waals surface area contributed by atoms with Crippen LogP contribution in [0, 0.1) is 33.7 Å². The van der Waals surface area contributed by atoms with Gasteiger partial charge in [0, 0.05) is 55.9 Å². The summed E-state index contributed by atoms with van der Waals surface area (Å²) in [5, 5.41) is 35.6. The number of carbonyl (C=O) groups is 1. The number of non-ortho nitro benzene ring substituents is 1. The fourth-order valence-electron chi connectivity index (χ4n) is 9.10. The third kappa shape index (κ3) is 9.70. The highest BCUT2D eigenvalue weighted by Crippen LogP contribution is 2.62. The van der Waals surface area contributed by atoms with E-state index < -0.39 is 34.4 Å². The van der Waals surface area contributed by atoms with Crippen LogP contribution in [0.5, 0.6) is 11.5 Å². The molecule has 12 nitrogen and oxygen atoms in total. The molecule has 6 atom stereocenters. The monoisotopic (exact) mass is 823 g/mol. The molecule has 6 rings (SSSR count). The van der Waals surface area contributed by atoms with E-state index in [4.69, 9.17) is 19.0 Å². The number of fused-ring (bicyclic) bond motifs is 2. The second-order valence-corrected chi connectivity index (χ2v) is 15.3. The number of rotatable bonds is 21. The summed E-state index contributed by atoms with van der Waals surface area (Å²) in [4.78, 5) is 32.9. The molecule has 1 fully saturated rings. The lowest BCUT2D eigenvalue weighted by molar-refractivity contribution is -0.384. The number of oxime groups is 1. The number of nitrogens with zero attached hydrogens (tertiary/aromatic N) is 3. The first-order valence-corrected chi connectivity index (χ1v) is 20.5. The van der Waals surface area contributed by atoms with E-state index in [9.17, 15) is 29.5 Å². The van der Waals surface area contributed by atoms with E-state index in [1.807, 2.05) is 18.2 Å². The molecule has 0 spiro atoms. The lowest BCUT2D eigenvalue weighted by Crippen LogP contribution is -2.70. The fraction of sp³-hybridized carbons (Fsp3) is 0.404. The average Bonchev–Trinajstić information content (AvgIpc) is 3.25. The van der Waals surface area contributed by atoms with Crippen LogP contribution in [0.4, 0.5) is 10.1 Å². The van der Waals surface area contributed by atoms with Crippen LogP contribution < -0.4 is 9.47 Å². The molecule has 318 valence electrons. The van der Waals surface area contributed by atoms with Crippen molar-refractivity contribution < 1.29 is 43.4 Å². The quantitative estimate of drug-likeness (QED) is 0.0355. The van der Waals surface area contributed by atoms with Gasteiger partial charge in [0.2, 0.25) is 11.7 Å². The number of aliphatic hydroxyl groups excluding tert-OH is 2. The molecule has 1 amide bonds. The molecule has 3 aliphatic rings. The van der Waals surface area contributed by atoms with Gasteiger partial charge in [-0.3, -0.25) is 14.9 Å². The number of aliphatic hydroxyl groups is 2. The van der Waals surface area contributed by atoms with Crippen LogP contribution in [-0.2, 0) is 20.9 Å². The molecule has 2 aliphatic carbocycles. The molecule has 1 aliphatic heterocycles. The topological polar surface area (TPSA) is 153 Å². The highest BCUT2D eigenvalue weighted by atomic mass is 19.1. The third-order valence-electron chi connectivity index (χ3n) is 11.7. The number of amides is 1. The van der Waals surface area contributed by atoms with Gasteiger partial charge in [-0.15, -0.1) is 6.58 Å². The Hall–Kier alpha value is -5.63. The van der Waals surface area contributed by atoms with E-state index in [0.29, 0.717) is 47.8 Å². The Labute approximate surface area is 350 Å². The van der Waals surface area contributed by atoms with Crippen molar-refractivity contribution >= 4 is 23.4 Å². The highest BCUT2D eigenvalue weighted by Gasteiger charge is 2.65. The molecule has 13 heteroatoms. The number of allylic oxidation sites excluding steroid dienone is 1. The molecule has 3 aromatic rings. The summed E-state index contributed by atoms with van der Waals surface area (Å²) in [6.07, 6.45) is 13.2. The van der Waals surface area contributed by atoms with E-state index in [1.54, 1.807) is 47.4 Å². The van der Waals surface area contributed by atoms with Gasteiger partial charge in [0.1, 0.15) is 37.1 Å². The Morgan fingerprint density at radius 3 is 2.40 bits per heavy atom. The molecular weight excluding hydrogens is 770 g/mol. The molecule has 0 radical (unpaired) electrons. The predicted octanol–water partition coefficient (Wildman–Crippen LogP) is 8.30. The van der Waals surface area contributed by atoms with Gasteiger partial charge in [-0.1, -0.05) is 54.9 Å². The summed E-state index contributed by atoms with van der Waals surface area (Å²) < 4.78 is 34.6. The number of carbonyl (C=O) groups excluding carboxylic acids is 1. The molecule has 0 unspecified atom stereocenters. The lowest BCUT2D eigenvalue weighted by atomic mass is 9.55. The number of nitro groups is 1. The third-order valence-corrected chi connectivity index (χ3v) is 11.7. The Balaban J connectivity index is 1.57. The molecule has 60 heavy (non-hydrogen) atoms. The highest BCUT2D eigenvalue weighted by molar-refractivity contribution is 6.03. The van der Waals surface area contributed by atoms with Gasteiger partial charge >= 0.3 is 0 Å². The minimum atomic E-state index is -1.52. The Morgan fingerprint density at radius 2 is 1.73 bits per heavy atom. The minimum absolute atomic E-state index is 0.0128. The smallest absolute Gasteiger partial charge is 0.269 e. The second-order valence-electron chi connectivity index (χ2n) is 15.3. The van der Waals surface area contributed by atoms with Gasteiger partial charge in [0.05, 0.1) is 23.2 Å². The van der Waals surface area contributed by atoms with E-state index in [0.717, 1.165) is 36.8 Å². The van der Waals surface area contributed by atoms with E-state index >= 15 is 0 Å². The second kappa shape index (κ2) is 20.6. The van der Waals surface area contributed by atoms with Crippen LogP contribution in [0.15, 0.2) is 115 Å². The Bertz CT molecular complexity index is 2070. The largest absolute Gasteiger partial charge is 0.490 e. The molecule has 1 saturated carbocycles. The fourth-order valence-corrected chi connectivity index (χ4v) is 9.10. The van der Waals surface area contributed by atoms with Crippen molar-refractivity contribution in [3.8, 4) is 11.5 Å². The molecule has 1 heterocycles. The number of benzene rings is 3. The van der Waals surface area contributed by atoms with E-state index in [2.05, 4.69) is 24.4 Å². The minimum Gasteiger partial charge on any atom is -0.490 e. The van der Waals surface area contributed by atoms with Crippen molar-refractivity contribution in [1.29, 1.82) is 0 Å². The summed E-state index contributed by atoms with van der Waals surface area (Å²) >= 11 is 0. The zero-order valence-corrected chi connectivity index (χ0v) is 34.0. The van der Waals surface area contributed by atoms with Gasteiger partial charge in [-0.2, -0.15) is 0 Å². The first-order chi connectivity index (χ1) is 29.2. The molecular formula is C47H54FN3O9. The number of halogens is 1. The van der Waals surface area contributed by atoms with Gasteiger partial charge in [-0.05, 0) is 103 Å². The van der Waals surface area contributed by atoms with Crippen LogP contribution in [0.25, 0.3) is 6.08 Å². The van der Waals surface area contributed by atoms with E-state index in [-0.39, 0.29) is 56.2 Å². The first-order valence-electron chi connectivity index (χ1n) is 20.5. The van der Waals surface area contributed by atoms with Crippen molar-refractivity contribution in [3.05, 3.63) is 142 Å². The predicted molar refractivity (Wildman–Crippen MR) is 227 cm³/mol. The maximum atomic E-state index is 14.9. The standard InChI is InChI=1S/C47H54FN3O9/c1-4-26-58-37-21-22-42-40(29-37)45-38(11-7-9-25-53)34(10-6-8-24-52)28-39-41(49-57-3)30-43(47(60-42,46(39)45)59-27-5-2)50(31-33-12-17-35(48)18-13-33)44(54)23-16-32-14-19-36(20-15-32)51(55)56/h4-5,12-23,28-29,34,38,43,45-46,52-53H,1-2,6-11,24-27,30-31H2,3H3/t34-,38+,43-,45+,46+,47+/m0/s1. The molecule has 0 bridgehead atoms. The van der Waals surface area contributed by atoms with Crippen LogP contribution in [0.2, 0.25) is 0 Å². The van der Waals surface area contributed by atoms with E-state index in [1.165, 1.54) is 37.5 Å². The zero-order valence-electron chi connectivity index (χ0n) is 34.0. The molecule has 0 aromatic heterocycles. The van der Waals surface area contributed by atoms with Crippen molar-refractivity contribution in [2.75, 3.05) is 33.5 Å². The van der Waals surface area contributed by atoms with Crippen molar-refractivity contribution in [2.45, 2.75) is 69.2 Å². The molecule has 3 aromatic carbocycles. The summed E-state index contributed by atoms with van der Waals surface area (Å²) in [5.41, 5.74) is 3.58. The number of unbranched alkanes of at least 4 members (excludes halogenated alkanes) is 2. The number of ether oxygens (including phenoxy) is 3. The molecule has 2 N–H and O–H groups in total. The maximum absolute atomic E-state index is 14.9. The number of nitro benzene ring substituents is 1. The maximum Gasteiger partial charge on any atom is 0.269 e. The average molecular weight is 824 g/mol. The van der Waals surface area contributed by atoms with Crippen LogP contribution in [-0.4, -0.2) is 77.0 Å². The molecule has 0 saturated heterocycles. The van der Waals surface area contributed by atoms with Gasteiger partial charge in [0.25, 0.3) is 5.69 Å². The number of hydrogen-bond acceptors (Lipinski definition) is 10. The van der Waals surface area contributed by atoms with Crippen molar-refractivity contribution in [2.24, 2.45) is 22.9 Å². The van der Waals surface area contributed by atoms with Crippen molar-refractivity contribution in [1.82, 2.24) is 4.90 Å². The first kappa shape index (κ1) is 43.9. The van der Waals surface area contributed by atoms with Gasteiger partial charge in [0.15, 0.2) is 0 Å². The normalized spacial score (nSPS) is 23.5. The van der Waals surface area contributed by atoms with Crippen LogP contribution in [0.1, 0.15) is 67.6 Å². The summed E-state index contributed by atoms with van der Waals surface area (Å²) in [7, 11) is 1.49. The Morgan fingerprint density at radius 1 is 1.02 bits per heavy atom. The summed E-state index contributed by atoms with van der Waals surface area (Å²) in [5.74, 6) is -1.87. The SMILES string of the molecule is C=CCOc1ccc2c(c1)[C@H]1[C@H](CCCCO)[C@@H](CCCCO)C=C3C(=NOC)C[C@H](N(Cc4ccc(F)cc4)C(=O)C=Cc4ccc([N+](=O)[O-])cc4)[C@@](OCC=C)(O2)[C@H]31. The summed E-state index contributed by atoms with van der Waals surface area (Å²) in [6, 6.07) is 16.7. The van der Waals surface area contributed by atoms with Crippen molar-refractivity contribution in [3.63, 3.8) is 0 Å².